The van der Waals surface area contributed by atoms with E-state index < -0.39 is 0 Å². The summed E-state index contributed by atoms with van der Waals surface area (Å²) < 4.78 is 7.84. The molecule has 0 radical (unpaired) electrons. The summed E-state index contributed by atoms with van der Waals surface area (Å²) in [5, 5.41) is 0.919. The highest BCUT2D eigenvalue weighted by atomic mass is 79.9. The van der Waals surface area contributed by atoms with E-state index in [0.717, 1.165) is 45.4 Å². The Kier molecular flexibility index (Phi) is 5.28. The Morgan fingerprint density at radius 1 is 1.08 bits per heavy atom. The van der Waals surface area contributed by atoms with Gasteiger partial charge in [0.25, 0.3) is 0 Å². The second-order valence-electron chi connectivity index (χ2n) is 6.33. The van der Waals surface area contributed by atoms with E-state index in [2.05, 4.69) is 15.9 Å². The number of carbonyl (C=O) groups excluding carboxylic acids is 1. The number of ketones is 1. The maximum absolute atomic E-state index is 13.2. The molecule has 0 amide bonds. The number of alkyl halides is 1. The molecule has 3 rings (SSSR count). The van der Waals surface area contributed by atoms with Gasteiger partial charge in [0.05, 0.1) is 12.3 Å². The molecule has 0 bridgehead atoms. The quantitative estimate of drug-likeness (QED) is 0.321. The lowest BCUT2D eigenvalue weighted by molar-refractivity contribution is 0.103. The van der Waals surface area contributed by atoms with Crippen molar-refractivity contribution in [2.45, 2.75) is 27.2 Å². The molecule has 1 aromatic carbocycles. The second kappa shape index (κ2) is 7.44. The number of hydrogen-bond donors (Lipinski definition) is 0. The van der Waals surface area contributed by atoms with E-state index in [-0.39, 0.29) is 5.78 Å². The summed E-state index contributed by atoms with van der Waals surface area (Å²) in [5.74, 6) is 0.927. The van der Waals surface area contributed by atoms with E-state index >= 15 is 0 Å². The number of pyridine rings is 1. The zero-order valence-electron chi connectivity index (χ0n) is 14.8. The molecule has 0 atom stereocenters. The van der Waals surface area contributed by atoms with Gasteiger partial charge in [0.1, 0.15) is 5.75 Å². The fraction of sp³-hybridized carbons (Fsp3) is 0.286. The van der Waals surface area contributed by atoms with E-state index in [1.807, 2.05) is 67.8 Å². The molecule has 3 aromatic rings. The summed E-state index contributed by atoms with van der Waals surface area (Å²) in [7, 11) is 0. The van der Waals surface area contributed by atoms with E-state index in [1.165, 1.54) is 0 Å². The molecule has 0 aliphatic carbocycles. The van der Waals surface area contributed by atoms with Gasteiger partial charge in [-0.25, -0.2) is 0 Å². The fourth-order valence-corrected chi connectivity index (χ4v) is 3.45. The van der Waals surface area contributed by atoms with Crippen molar-refractivity contribution in [2.24, 2.45) is 0 Å². The van der Waals surface area contributed by atoms with Crippen molar-refractivity contribution in [3.8, 4) is 5.75 Å². The van der Waals surface area contributed by atoms with Gasteiger partial charge in [0.15, 0.2) is 0 Å². The first-order chi connectivity index (χ1) is 12.0. The number of rotatable bonds is 6. The van der Waals surface area contributed by atoms with Crippen LogP contribution >= 0.6 is 15.9 Å². The van der Waals surface area contributed by atoms with Crippen LogP contribution in [0.25, 0.3) is 5.52 Å². The van der Waals surface area contributed by atoms with Crippen molar-refractivity contribution in [1.82, 2.24) is 4.40 Å². The van der Waals surface area contributed by atoms with Crippen LogP contribution in [0.2, 0.25) is 0 Å². The molecule has 2 aromatic heterocycles. The molecule has 0 aliphatic rings. The van der Waals surface area contributed by atoms with Crippen molar-refractivity contribution < 1.29 is 9.53 Å². The van der Waals surface area contributed by atoms with Crippen molar-refractivity contribution in [3.05, 3.63) is 70.5 Å². The highest BCUT2D eigenvalue weighted by molar-refractivity contribution is 9.09. The highest BCUT2D eigenvalue weighted by Crippen LogP contribution is 2.27. The minimum absolute atomic E-state index is 0.0434. The van der Waals surface area contributed by atoms with E-state index in [4.69, 9.17) is 4.74 Å². The number of halogens is 1. The molecule has 0 saturated heterocycles. The van der Waals surface area contributed by atoms with Gasteiger partial charge in [-0.15, -0.1) is 0 Å². The van der Waals surface area contributed by atoms with Gasteiger partial charge in [-0.05, 0) is 74.2 Å². The first-order valence-corrected chi connectivity index (χ1v) is 9.56. The summed E-state index contributed by atoms with van der Waals surface area (Å²) in [6.07, 6.45) is 2.89. The summed E-state index contributed by atoms with van der Waals surface area (Å²) in [6.45, 7) is 6.65. The first kappa shape index (κ1) is 17.7. The average Bonchev–Trinajstić information content (AvgIpc) is 2.92. The molecule has 4 heteroatoms. The molecular formula is C21H22BrNO2. The number of fused-ring (bicyclic) bond motifs is 1. The second-order valence-corrected chi connectivity index (χ2v) is 7.12. The average molecular weight is 400 g/mol. The zero-order valence-corrected chi connectivity index (χ0v) is 16.4. The van der Waals surface area contributed by atoms with Crippen molar-refractivity contribution in [1.29, 1.82) is 0 Å². The Hall–Kier alpha value is -2.07. The maximum atomic E-state index is 13.2. The van der Waals surface area contributed by atoms with Crippen molar-refractivity contribution in [3.63, 3.8) is 0 Å². The molecule has 0 spiro atoms. The van der Waals surface area contributed by atoms with Gasteiger partial charge in [-0.3, -0.25) is 4.79 Å². The molecule has 0 aliphatic heterocycles. The fourth-order valence-electron chi connectivity index (χ4n) is 3.22. The first-order valence-electron chi connectivity index (χ1n) is 8.44. The van der Waals surface area contributed by atoms with Gasteiger partial charge in [0, 0.05) is 22.6 Å². The number of aryl methyl sites for hydroxylation is 3. The standard InChI is InChI=1S/C21H22BrNO2/c1-14-13-18-7-4-5-9-23(18)19(14)20(24)17-11-15(2)21(16(3)12-17)25-10-6-8-22/h4-5,7,9,11-13H,6,8,10H2,1-3H3. The van der Waals surface area contributed by atoms with E-state index in [9.17, 15) is 4.79 Å². The Labute approximate surface area is 156 Å². The van der Waals surface area contributed by atoms with Gasteiger partial charge >= 0.3 is 0 Å². The maximum Gasteiger partial charge on any atom is 0.210 e. The molecule has 2 heterocycles. The van der Waals surface area contributed by atoms with Crippen LogP contribution in [0.15, 0.2) is 42.6 Å². The van der Waals surface area contributed by atoms with Crippen molar-refractivity contribution in [2.75, 3.05) is 11.9 Å². The number of hydrogen-bond acceptors (Lipinski definition) is 2. The summed E-state index contributed by atoms with van der Waals surface area (Å²) in [6, 6.07) is 11.9. The number of aromatic nitrogens is 1. The lowest BCUT2D eigenvalue weighted by Gasteiger charge is -2.14. The molecule has 25 heavy (non-hydrogen) atoms. The lowest BCUT2D eigenvalue weighted by atomic mass is 10.00. The molecule has 0 saturated carbocycles. The number of nitrogens with zero attached hydrogens (tertiary/aromatic N) is 1. The lowest BCUT2D eigenvalue weighted by Crippen LogP contribution is -2.09. The van der Waals surface area contributed by atoms with Gasteiger partial charge in [-0.1, -0.05) is 22.0 Å². The third kappa shape index (κ3) is 3.49. The molecular weight excluding hydrogens is 378 g/mol. The summed E-state index contributed by atoms with van der Waals surface area (Å²) >= 11 is 3.41. The predicted molar refractivity (Wildman–Crippen MR) is 105 cm³/mol. The SMILES string of the molecule is Cc1cc(C(=O)c2c(C)cc3ccccn23)cc(C)c1OCCCBr. The van der Waals surface area contributed by atoms with Crippen LogP contribution in [0.4, 0.5) is 0 Å². The molecule has 0 unspecified atom stereocenters. The number of benzene rings is 1. The summed E-state index contributed by atoms with van der Waals surface area (Å²) in [4.78, 5) is 13.2. The minimum Gasteiger partial charge on any atom is -0.493 e. The van der Waals surface area contributed by atoms with Gasteiger partial charge in [-0.2, -0.15) is 0 Å². The Morgan fingerprint density at radius 2 is 1.80 bits per heavy atom. The molecule has 3 nitrogen and oxygen atoms in total. The van der Waals surface area contributed by atoms with Crippen LogP contribution in [0, 0.1) is 20.8 Å². The molecule has 130 valence electrons. The molecule has 0 fully saturated rings. The smallest absolute Gasteiger partial charge is 0.210 e. The van der Waals surface area contributed by atoms with Gasteiger partial charge in [0.2, 0.25) is 5.78 Å². The van der Waals surface area contributed by atoms with Crippen LogP contribution in [-0.2, 0) is 0 Å². The van der Waals surface area contributed by atoms with Crippen molar-refractivity contribution >= 4 is 27.2 Å². The Balaban J connectivity index is 1.98. The van der Waals surface area contributed by atoms with Crippen LogP contribution in [0.3, 0.4) is 0 Å². The third-order valence-electron chi connectivity index (χ3n) is 4.33. The number of carbonyl (C=O) groups is 1. The third-order valence-corrected chi connectivity index (χ3v) is 4.89. The zero-order chi connectivity index (χ0) is 18.0. The van der Waals surface area contributed by atoms with Gasteiger partial charge < -0.3 is 9.14 Å². The van der Waals surface area contributed by atoms with Crippen LogP contribution < -0.4 is 4.74 Å². The monoisotopic (exact) mass is 399 g/mol. The highest BCUT2D eigenvalue weighted by Gasteiger charge is 2.19. The van der Waals surface area contributed by atoms with Crippen LogP contribution in [0.5, 0.6) is 5.75 Å². The normalized spacial score (nSPS) is 11.0. The number of ether oxygens (including phenoxy) is 1. The van der Waals surface area contributed by atoms with E-state index in [1.54, 1.807) is 0 Å². The van der Waals surface area contributed by atoms with Crippen LogP contribution in [0.1, 0.15) is 39.2 Å². The van der Waals surface area contributed by atoms with E-state index in [0.29, 0.717) is 12.2 Å². The largest absolute Gasteiger partial charge is 0.493 e. The molecule has 0 N–H and O–H groups in total. The minimum atomic E-state index is 0.0434. The predicted octanol–water partition coefficient (Wildman–Crippen LogP) is 5.26. The Morgan fingerprint density at radius 3 is 2.48 bits per heavy atom. The topological polar surface area (TPSA) is 30.7 Å². The Bertz CT molecular complexity index is 904. The summed E-state index contributed by atoms with van der Waals surface area (Å²) in [5.41, 5.74) is 5.45. The van der Waals surface area contributed by atoms with Crippen LogP contribution in [-0.4, -0.2) is 22.1 Å².